The molecule has 0 N–H and O–H groups in total. The summed E-state index contributed by atoms with van der Waals surface area (Å²) < 4.78 is 5.24. The van der Waals surface area contributed by atoms with E-state index in [1.807, 2.05) is 30.3 Å². The highest BCUT2D eigenvalue weighted by molar-refractivity contribution is 6.23. The highest BCUT2D eigenvalue weighted by Gasteiger charge is 2.23. The molecule has 0 saturated heterocycles. The van der Waals surface area contributed by atoms with Gasteiger partial charge in [-0.1, -0.05) is 69.3 Å². The average molecular weight is 422 g/mol. The summed E-state index contributed by atoms with van der Waals surface area (Å²) in [6.45, 7) is 5.15. The molecule has 0 fully saturated rings. The van der Waals surface area contributed by atoms with Crippen LogP contribution < -0.4 is 0 Å². The van der Waals surface area contributed by atoms with Crippen LogP contribution in [-0.2, 0) is 9.53 Å². The van der Waals surface area contributed by atoms with Crippen LogP contribution in [0.2, 0.25) is 0 Å². The maximum absolute atomic E-state index is 12.5. The fraction of sp³-hybridized carbons (Fsp3) is 0.185. The molecule has 1 heterocycles. The van der Waals surface area contributed by atoms with Gasteiger partial charge in [0.15, 0.2) is 12.4 Å². The lowest BCUT2D eigenvalue weighted by Crippen LogP contribution is -2.26. The van der Waals surface area contributed by atoms with Crippen molar-refractivity contribution in [2.24, 2.45) is 5.41 Å². The Balaban J connectivity index is 1.64. The summed E-state index contributed by atoms with van der Waals surface area (Å²) in [5.74, 6) is -0.675. The third-order valence-electron chi connectivity index (χ3n) is 5.73. The van der Waals surface area contributed by atoms with Crippen LogP contribution in [0.1, 0.15) is 31.1 Å². The van der Waals surface area contributed by atoms with Gasteiger partial charge in [0.05, 0.1) is 27.6 Å². The van der Waals surface area contributed by atoms with E-state index >= 15 is 0 Å². The predicted octanol–water partition coefficient (Wildman–Crippen LogP) is 5.86. The molecule has 0 aliphatic carbocycles. The van der Waals surface area contributed by atoms with Gasteiger partial charge in [0.2, 0.25) is 0 Å². The molecule has 0 unspecified atom stereocenters. The van der Waals surface area contributed by atoms with Gasteiger partial charge in [-0.3, -0.25) is 4.79 Å². The molecular formula is C27H22N2O3. The molecule has 5 heteroatoms. The van der Waals surface area contributed by atoms with Crippen molar-refractivity contribution in [3.8, 4) is 0 Å². The van der Waals surface area contributed by atoms with E-state index in [0.29, 0.717) is 16.6 Å². The van der Waals surface area contributed by atoms with E-state index in [1.54, 1.807) is 39.0 Å². The smallest absolute Gasteiger partial charge is 0.338 e. The van der Waals surface area contributed by atoms with Crippen LogP contribution in [0.5, 0.6) is 0 Å². The third-order valence-corrected chi connectivity index (χ3v) is 5.73. The molecule has 0 atom stereocenters. The standard InChI is InChI=1S/C27H22N2O3/c1-27(2,3)23(30)15-32-26(31)16-12-13-21-22(14-16)29-25-20-11-7-5-9-18(20)17-8-4-6-10-19(17)24(25)28-21/h4-14H,15H2,1-3H3. The fourth-order valence-corrected chi connectivity index (χ4v) is 3.84. The molecule has 0 spiro atoms. The van der Waals surface area contributed by atoms with E-state index in [1.165, 1.54) is 0 Å². The number of benzene rings is 4. The first kappa shape index (κ1) is 20.1. The summed E-state index contributed by atoms with van der Waals surface area (Å²) in [4.78, 5) is 34.4. The maximum Gasteiger partial charge on any atom is 0.338 e. The summed E-state index contributed by atoms with van der Waals surface area (Å²) in [6, 6.07) is 21.4. The molecule has 5 aromatic rings. The molecule has 0 aliphatic rings. The van der Waals surface area contributed by atoms with Crippen LogP contribution in [0.25, 0.3) is 43.6 Å². The van der Waals surface area contributed by atoms with Gasteiger partial charge in [0.1, 0.15) is 0 Å². The zero-order chi connectivity index (χ0) is 22.5. The second kappa shape index (κ2) is 7.38. The normalized spacial score (nSPS) is 12.0. The zero-order valence-electron chi connectivity index (χ0n) is 18.2. The number of fused-ring (bicyclic) bond motifs is 7. The Morgan fingerprint density at radius 1 is 0.750 bits per heavy atom. The van der Waals surface area contributed by atoms with Crippen LogP contribution in [0, 0.1) is 5.41 Å². The van der Waals surface area contributed by atoms with Gasteiger partial charge in [0, 0.05) is 16.2 Å². The van der Waals surface area contributed by atoms with Gasteiger partial charge in [-0.25, -0.2) is 14.8 Å². The van der Waals surface area contributed by atoms with Gasteiger partial charge in [-0.2, -0.15) is 0 Å². The predicted molar refractivity (Wildman–Crippen MR) is 127 cm³/mol. The lowest BCUT2D eigenvalue weighted by molar-refractivity contribution is -0.129. The van der Waals surface area contributed by atoms with E-state index in [9.17, 15) is 9.59 Å². The number of aromatic nitrogens is 2. The minimum Gasteiger partial charge on any atom is -0.454 e. The molecular weight excluding hydrogens is 400 g/mol. The van der Waals surface area contributed by atoms with E-state index in [2.05, 4.69) is 18.2 Å². The molecule has 158 valence electrons. The molecule has 0 amide bonds. The molecule has 0 saturated carbocycles. The molecule has 32 heavy (non-hydrogen) atoms. The fourth-order valence-electron chi connectivity index (χ4n) is 3.84. The largest absolute Gasteiger partial charge is 0.454 e. The van der Waals surface area contributed by atoms with Gasteiger partial charge in [-0.05, 0) is 29.0 Å². The number of carbonyl (C=O) groups excluding carboxylic acids is 2. The topological polar surface area (TPSA) is 69.2 Å². The summed E-state index contributed by atoms with van der Waals surface area (Å²) in [7, 11) is 0. The van der Waals surface area contributed by atoms with Crippen LogP contribution >= 0.6 is 0 Å². The van der Waals surface area contributed by atoms with Crippen LogP contribution in [0.3, 0.4) is 0 Å². The van der Waals surface area contributed by atoms with Crippen molar-refractivity contribution in [2.45, 2.75) is 20.8 Å². The van der Waals surface area contributed by atoms with E-state index < -0.39 is 11.4 Å². The first-order chi connectivity index (χ1) is 15.3. The minimum atomic E-state index is -0.558. The SMILES string of the molecule is CC(C)(C)C(=O)COC(=O)c1ccc2nc3c4ccccc4c4ccccc4c3nc2c1. The number of ether oxygens (including phenoxy) is 1. The first-order valence-corrected chi connectivity index (χ1v) is 10.5. The Hall–Kier alpha value is -3.86. The zero-order valence-corrected chi connectivity index (χ0v) is 18.2. The molecule has 0 bridgehead atoms. The summed E-state index contributed by atoms with van der Waals surface area (Å²) in [5, 5.41) is 4.30. The number of carbonyl (C=O) groups is 2. The lowest BCUT2D eigenvalue weighted by atomic mass is 9.91. The van der Waals surface area contributed by atoms with Crippen LogP contribution in [0.15, 0.2) is 66.7 Å². The molecule has 5 rings (SSSR count). The quantitative estimate of drug-likeness (QED) is 0.207. The lowest BCUT2D eigenvalue weighted by Gasteiger charge is -2.16. The summed E-state index contributed by atoms with van der Waals surface area (Å²) >= 11 is 0. The number of nitrogens with zero attached hydrogens (tertiary/aromatic N) is 2. The third kappa shape index (κ3) is 3.36. The number of rotatable bonds is 3. The van der Waals surface area contributed by atoms with Crippen molar-refractivity contribution >= 4 is 55.4 Å². The van der Waals surface area contributed by atoms with Gasteiger partial charge < -0.3 is 4.74 Å². The Morgan fingerprint density at radius 3 is 1.84 bits per heavy atom. The van der Waals surface area contributed by atoms with E-state index in [-0.39, 0.29) is 12.4 Å². The highest BCUT2D eigenvalue weighted by atomic mass is 16.5. The van der Waals surface area contributed by atoms with E-state index in [4.69, 9.17) is 14.7 Å². The summed E-state index contributed by atoms with van der Waals surface area (Å²) in [6.07, 6.45) is 0. The Kier molecular flexibility index (Phi) is 4.63. The monoisotopic (exact) mass is 422 g/mol. The van der Waals surface area contributed by atoms with Crippen LogP contribution in [0.4, 0.5) is 0 Å². The molecule has 0 radical (unpaired) electrons. The van der Waals surface area contributed by atoms with Crippen molar-refractivity contribution in [1.82, 2.24) is 9.97 Å². The van der Waals surface area contributed by atoms with Gasteiger partial charge in [0.25, 0.3) is 0 Å². The Labute approximate surface area is 185 Å². The molecule has 1 aromatic heterocycles. The number of ketones is 1. The Bertz CT molecular complexity index is 1550. The minimum absolute atomic E-state index is 0.129. The van der Waals surface area contributed by atoms with Crippen LogP contribution in [-0.4, -0.2) is 28.3 Å². The van der Waals surface area contributed by atoms with Crippen molar-refractivity contribution < 1.29 is 14.3 Å². The second-order valence-corrected chi connectivity index (χ2v) is 8.96. The second-order valence-electron chi connectivity index (χ2n) is 8.96. The van der Waals surface area contributed by atoms with Gasteiger partial charge in [-0.15, -0.1) is 0 Å². The number of hydrogen-bond donors (Lipinski definition) is 0. The number of hydrogen-bond acceptors (Lipinski definition) is 5. The maximum atomic E-state index is 12.5. The summed E-state index contributed by atoms with van der Waals surface area (Å²) in [5.41, 5.74) is 2.71. The van der Waals surface area contributed by atoms with Crippen molar-refractivity contribution in [1.29, 1.82) is 0 Å². The van der Waals surface area contributed by atoms with Crippen molar-refractivity contribution in [3.63, 3.8) is 0 Å². The number of Topliss-reactive ketones (excluding diaryl/α,β-unsaturated/α-hetero) is 1. The average Bonchev–Trinajstić information content (AvgIpc) is 2.80. The first-order valence-electron chi connectivity index (χ1n) is 10.5. The molecule has 0 aliphatic heterocycles. The van der Waals surface area contributed by atoms with E-state index in [0.717, 1.165) is 32.6 Å². The molecule has 5 nitrogen and oxygen atoms in total. The highest BCUT2D eigenvalue weighted by Crippen LogP contribution is 2.34. The molecule has 4 aromatic carbocycles. The Morgan fingerprint density at radius 2 is 1.28 bits per heavy atom. The van der Waals surface area contributed by atoms with Crippen molar-refractivity contribution in [3.05, 3.63) is 72.3 Å². The number of esters is 1. The van der Waals surface area contributed by atoms with Gasteiger partial charge >= 0.3 is 5.97 Å². The van der Waals surface area contributed by atoms with Crippen molar-refractivity contribution in [2.75, 3.05) is 6.61 Å².